The summed E-state index contributed by atoms with van der Waals surface area (Å²) in [6.07, 6.45) is 1.55. The predicted molar refractivity (Wildman–Crippen MR) is 84.0 cm³/mol. The molecule has 1 amide bonds. The maximum absolute atomic E-state index is 11.7. The highest BCUT2D eigenvalue weighted by Crippen LogP contribution is 2.24. The summed E-state index contributed by atoms with van der Waals surface area (Å²) in [7, 11) is 0. The molecule has 2 N–H and O–H groups in total. The van der Waals surface area contributed by atoms with Crippen molar-refractivity contribution in [3.05, 3.63) is 63.6 Å². The third-order valence-corrected chi connectivity index (χ3v) is 3.48. The topological polar surface area (TPSA) is 61.7 Å². The van der Waals surface area contributed by atoms with Crippen LogP contribution in [0.15, 0.2) is 47.6 Å². The van der Waals surface area contributed by atoms with Gasteiger partial charge in [-0.15, -0.1) is 0 Å². The zero-order chi connectivity index (χ0) is 15.2. The minimum atomic E-state index is -0.296. The molecule has 2 aromatic rings. The maximum atomic E-state index is 11.7. The molecule has 0 atom stereocenters. The minimum Gasteiger partial charge on any atom is -0.508 e. The molecule has 0 bridgehead atoms. The van der Waals surface area contributed by atoms with Crippen molar-refractivity contribution in [2.45, 2.75) is 6.42 Å². The average molecular weight is 323 g/mol. The standard InChI is InChI=1S/C15H12Cl2N2O2/c16-13-6-2-4-11(15(13)17)9-18-19-14(21)8-10-3-1-5-12(20)7-10/h1-7,9,20H,8H2,(H,19,21)/b18-9+. The van der Waals surface area contributed by atoms with Crippen molar-refractivity contribution in [3.63, 3.8) is 0 Å². The number of phenols is 1. The van der Waals surface area contributed by atoms with E-state index in [0.29, 0.717) is 21.2 Å². The fraction of sp³-hybridized carbons (Fsp3) is 0.0667. The Morgan fingerprint density at radius 2 is 2.00 bits per heavy atom. The molecule has 108 valence electrons. The summed E-state index contributed by atoms with van der Waals surface area (Å²) >= 11 is 11.9. The first-order chi connectivity index (χ1) is 10.1. The molecule has 0 spiro atoms. The van der Waals surface area contributed by atoms with E-state index in [1.165, 1.54) is 12.3 Å². The number of nitrogens with one attached hydrogen (secondary N) is 1. The molecule has 0 saturated heterocycles. The summed E-state index contributed by atoms with van der Waals surface area (Å²) in [4.78, 5) is 11.7. The van der Waals surface area contributed by atoms with Gasteiger partial charge >= 0.3 is 0 Å². The Hall–Kier alpha value is -2.04. The van der Waals surface area contributed by atoms with Crippen molar-refractivity contribution in [1.29, 1.82) is 0 Å². The lowest BCUT2D eigenvalue weighted by Crippen LogP contribution is -2.19. The Labute approximate surface area is 132 Å². The van der Waals surface area contributed by atoms with Crippen LogP contribution in [0.5, 0.6) is 5.75 Å². The molecule has 2 rings (SSSR count). The Kier molecular flexibility index (Phi) is 5.20. The second kappa shape index (κ2) is 7.11. The molecule has 0 aromatic heterocycles. The second-order valence-electron chi connectivity index (χ2n) is 4.28. The fourth-order valence-electron chi connectivity index (χ4n) is 1.69. The van der Waals surface area contributed by atoms with E-state index in [2.05, 4.69) is 10.5 Å². The van der Waals surface area contributed by atoms with Crippen LogP contribution in [0.4, 0.5) is 0 Å². The number of carbonyl (C=O) groups is 1. The summed E-state index contributed by atoms with van der Waals surface area (Å²) in [5, 5.41) is 14.0. The molecule has 0 saturated carbocycles. The molecule has 0 unspecified atom stereocenters. The van der Waals surface area contributed by atoms with Crippen molar-refractivity contribution in [2.75, 3.05) is 0 Å². The SMILES string of the molecule is O=C(Cc1cccc(O)c1)N/N=C/c1cccc(Cl)c1Cl. The first kappa shape index (κ1) is 15.4. The summed E-state index contributed by atoms with van der Waals surface area (Å²) in [5.41, 5.74) is 3.70. The van der Waals surface area contributed by atoms with Crippen LogP contribution >= 0.6 is 23.2 Å². The van der Waals surface area contributed by atoms with Crippen LogP contribution in [0.2, 0.25) is 10.0 Å². The second-order valence-corrected chi connectivity index (χ2v) is 5.07. The molecule has 0 aliphatic carbocycles. The number of hydrogen-bond acceptors (Lipinski definition) is 3. The van der Waals surface area contributed by atoms with E-state index in [-0.39, 0.29) is 18.1 Å². The molecule has 6 heteroatoms. The number of halogens is 2. The number of phenolic OH excluding ortho intramolecular Hbond substituents is 1. The highest BCUT2D eigenvalue weighted by molar-refractivity contribution is 6.43. The highest BCUT2D eigenvalue weighted by atomic mass is 35.5. The van der Waals surface area contributed by atoms with Gasteiger partial charge in [-0.25, -0.2) is 5.43 Å². The molecule has 0 aliphatic heterocycles. The Morgan fingerprint density at radius 1 is 1.24 bits per heavy atom. The van der Waals surface area contributed by atoms with Gasteiger partial charge in [0.1, 0.15) is 5.75 Å². The molecular formula is C15H12Cl2N2O2. The number of carbonyl (C=O) groups excluding carboxylic acids is 1. The summed E-state index contributed by atoms with van der Waals surface area (Å²) in [6, 6.07) is 11.6. The lowest BCUT2D eigenvalue weighted by Gasteiger charge is -2.02. The van der Waals surface area contributed by atoms with Crippen LogP contribution in [-0.2, 0) is 11.2 Å². The third kappa shape index (κ3) is 4.48. The van der Waals surface area contributed by atoms with E-state index >= 15 is 0 Å². The zero-order valence-corrected chi connectivity index (χ0v) is 12.4. The third-order valence-electron chi connectivity index (χ3n) is 2.65. The van der Waals surface area contributed by atoms with E-state index in [4.69, 9.17) is 23.2 Å². The van der Waals surface area contributed by atoms with Crippen molar-refractivity contribution >= 4 is 35.3 Å². The summed E-state index contributed by atoms with van der Waals surface area (Å²) in [6.45, 7) is 0. The van der Waals surface area contributed by atoms with E-state index in [1.54, 1.807) is 36.4 Å². The fourth-order valence-corrected chi connectivity index (χ4v) is 2.04. The van der Waals surface area contributed by atoms with Gasteiger partial charge in [0.25, 0.3) is 0 Å². The smallest absolute Gasteiger partial charge is 0.244 e. The molecule has 0 fully saturated rings. The lowest BCUT2D eigenvalue weighted by molar-refractivity contribution is -0.120. The van der Waals surface area contributed by atoms with Gasteiger partial charge in [-0.05, 0) is 23.8 Å². The van der Waals surface area contributed by atoms with Gasteiger partial charge in [-0.3, -0.25) is 4.79 Å². The average Bonchev–Trinajstić information content (AvgIpc) is 2.43. The first-order valence-corrected chi connectivity index (χ1v) is 6.85. The van der Waals surface area contributed by atoms with E-state index in [9.17, 15) is 9.90 Å². The van der Waals surface area contributed by atoms with Gasteiger partial charge in [0, 0.05) is 5.56 Å². The van der Waals surface area contributed by atoms with E-state index < -0.39 is 0 Å². The van der Waals surface area contributed by atoms with Crippen molar-refractivity contribution in [3.8, 4) is 5.75 Å². The van der Waals surface area contributed by atoms with Crippen molar-refractivity contribution in [2.24, 2.45) is 5.10 Å². The van der Waals surface area contributed by atoms with Gasteiger partial charge in [0.05, 0.1) is 22.7 Å². The quantitative estimate of drug-likeness (QED) is 0.669. The van der Waals surface area contributed by atoms with E-state index in [0.717, 1.165) is 0 Å². The number of nitrogens with zero attached hydrogens (tertiary/aromatic N) is 1. The molecule has 0 heterocycles. The molecule has 2 aromatic carbocycles. The summed E-state index contributed by atoms with van der Waals surface area (Å²) < 4.78 is 0. The Balaban J connectivity index is 1.95. The van der Waals surface area contributed by atoms with Crippen LogP contribution in [0.1, 0.15) is 11.1 Å². The van der Waals surface area contributed by atoms with Gasteiger partial charge in [0.2, 0.25) is 5.91 Å². The van der Waals surface area contributed by atoms with E-state index in [1.807, 2.05) is 0 Å². The number of hydrogen-bond donors (Lipinski definition) is 2. The van der Waals surface area contributed by atoms with Gasteiger partial charge in [-0.1, -0.05) is 47.5 Å². The molecular weight excluding hydrogens is 311 g/mol. The van der Waals surface area contributed by atoms with Crippen LogP contribution < -0.4 is 5.43 Å². The van der Waals surface area contributed by atoms with Crippen LogP contribution in [0.25, 0.3) is 0 Å². The van der Waals surface area contributed by atoms with Crippen LogP contribution in [0.3, 0.4) is 0 Å². The number of benzene rings is 2. The highest BCUT2D eigenvalue weighted by Gasteiger charge is 2.04. The van der Waals surface area contributed by atoms with Gasteiger partial charge in [0.15, 0.2) is 0 Å². The Bertz CT molecular complexity index is 687. The monoisotopic (exact) mass is 322 g/mol. The van der Waals surface area contributed by atoms with Crippen molar-refractivity contribution < 1.29 is 9.90 Å². The number of rotatable bonds is 4. The van der Waals surface area contributed by atoms with Crippen LogP contribution in [-0.4, -0.2) is 17.2 Å². The molecule has 0 radical (unpaired) electrons. The summed E-state index contributed by atoms with van der Waals surface area (Å²) in [5.74, 6) is -0.176. The number of amides is 1. The van der Waals surface area contributed by atoms with Crippen molar-refractivity contribution in [1.82, 2.24) is 5.43 Å². The maximum Gasteiger partial charge on any atom is 0.244 e. The zero-order valence-electron chi connectivity index (χ0n) is 10.9. The predicted octanol–water partition coefficient (Wildman–Crippen LogP) is 3.39. The van der Waals surface area contributed by atoms with Crippen LogP contribution in [0, 0.1) is 0 Å². The molecule has 0 aliphatic rings. The number of hydrazone groups is 1. The lowest BCUT2D eigenvalue weighted by atomic mass is 10.1. The number of aromatic hydroxyl groups is 1. The first-order valence-electron chi connectivity index (χ1n) is 6.10. The minimum absolute atomic E-state index is 0.120. The largest absolute Gasteiger partial charge is 0.508 e. The molecule has 21 heavy (non-hydrogen) atoms. The van der Waals surface area contributed by atoms with Gasteiger partial charge in [-0.2, -0.15) is 5.10 Å². The molecule has 4 nitrogen and oxygen atoms in total. The van der Waals surface area contributed by atoms with Gasteiger partial charge < -0.3 is 5.11 Å². The normalized spacial score (nSPS) is 10.8. The Morgan fingerprint density at radius 3 is 2.76 bits per heavy atom.